The second kappa shape index (κ2) is 6.47. The van der Waals surface area contributed by atoms with Gasteiger partial charge < -0.3 is 14.0 Å². The molecular weight excluding hydrogens is 317 g/mol. The lowest BCUT2D eigenvalue weighted by molar-refractivity contribution is 0.00578. The molecule has 1 N–H and O–H groups in total. The van der Waals surface area contributed by atoms with E-state index in [2.05, 4.69) is 75.7 Å². The lowest BCUT2D eigenvalue weighted by Crippen LogP contribution is -2.41. The minimum atomic E-state index is -0.332. The first-order valence-electron chi connectivity index (χ1n) is 8.22. The van der Waals surface area contributed by atoms with Gasteiger partial charge in [0.15, 0.2) is 0 Å². The van der Waals surface area contributed by atoms with Crippen molar-refractivity contribution in [1.29, 1.82) is 0 Å². The van der Waals surface area contributed by atoms with Gasteiger partial charge >= 0.3 is 7.12 Å². The molecule has 1 fully saturated rings. The molecule has 1 aliphatic heterocycles. The SMILES string of the molecule is Cc1ccc(SNc2cccc(B3OC(C)(C)C(C)(C)O3)c2)cc1. The van der Waals surface area contributed by atoms with E-state index < -0.39 is 0 Å². The lowest BCUT2D eigenvalue weighted by atomic mass is 9.79. The number of rotatable bonds is 4. The van der Waals surface area contributed by atoms with Crippen LogP contribution in [-0.2, 0) is 9.31 Å². The van der Waals surface area contributed by atoms with Gasteiger partial charge in [0, 0.05) is 10.6 Å². The predicted molar refractivity (Wildman–Crippen MR) is 103 cm³/mol. The van der Waals surface area contributed by atoms with Gasteiger partial charge in [0.05, 0.1) is 11.2 Å². The number of hydrogen-bond donors (Lipinski definition) is 1. The summed E-state index contributed by atoms with van der Waals surface area (Å²) in [5.74, 6) is 0. The quantitative estimate of drug-likeness (QED) is 0.659. The third-order valence-corrected chi connectivity index (χ3v) is 5.57. The summed E-state index contributed by atoms with van der Waals surface area (Å²) in [6.07, 6.45) is 0. The second-order valence-corrected chi connectivity index (χ2v) is 8.11. The van der Waals surface area contributed by atoms with E-state index in [1.54, 1.807) is 11.9 Å². The topological polar surface area (TPSA) is 30.5 Å². The van der Waals surface area contributed by atoms with Crippen LogP contribution in [0.4, 0.5) is 5.69 Å². The van der Waals surface area contributed by atoms with E-state index in [1.165, 1.54) is 10.5 Å². The van der Waals surface area contributed by atoms with Crippen molar-refractivity contribution < 1.29 is 9.31 Å². The normalized spacial score (nSPS) is 18.6. The van der Waals surface area contributed by atoms with Crippen molar-refractivity contribution in [3.05, 3.63) is 54.1 Å². The van der Waals surface area contributed by atoms with Crippen LogP contribution >= 0.6 is 11.9 Å². The molecule has 2 aromatic rings. The molecule has 0 saturated carbocycles. The predicted octanol–water partition coefficient (Wildman–Crippen LogP) is 4.41. The Hall–Kier alpha value is -1.43. The molecule has 0 amide bonds. The average Bonchev–Trinajstić information content (AvgIpc) is 2.75. The van der Waals surface area contributed by atoms with Gasteiger partial charge in [-0.15, -0.1) is 0 Å². The van der Waals surface area contributed by atoms with E-state index in [4.69, 9.17) is 9.31 Å². The molecule has 3 rings (SSSR count). The molecule has 0 spiro atoms. The molecule has 24 heavy (non-hydrogen) atoms. The van der Waals surface area contributed by atoms with Crippen LogP contribution in [0.5, 0.6) is 0 Å². The molecule has 0 aromatic heterocycles. The van der Waals surface area contributed by atoms with E-state index in [0.717, 1.165) is 11.2 Å². The van der Waals surface area contributed by atoms with Crippen LogP contribution in [0.15, 0.2) is 53.4 Å². The molecule has 3 nitrogen and oxygen atoms in total. The number of benzene rings is 2. The molecule has 0 aliphatic carbocycles. The highest BCUT2D eigenvalue weighted by Gasteiger charge is 2.51. The fraction of sp³-hybridized carbons (Fsp3) is 0.368. The molecule has 5 heteroatoms. The molecule has 0 unspecified atom stereocenters. The average molecular weight is 341 g/mol. The van der Waals surface area contributed by atoms with Gasteiger partial charge in [-0.25, -0.2) is 0 Å². The number of anilines is 1. The Morgan fingerprint density at radius 3 is 2.17 bits per heavy atom. The minimum Gasteiger partial charge on any atom is -0.399 e. The van der Waals surface area contributed by atoms with Crippen LogP contribution in [0.1, 0.15) is 33.3 Å². The molecule has 0 bridgehead atoms. The van der Waals surface area contributed by atoms with Crippen molar-refractivity contribution in [1.82, 2.24) is 0 Å². The molecule has 1 aliphatic rings. The van der Waals surface area contributed by atoms with Crippen molar-refractivity contribution >= 4 is 30.2 Å². The molecule has 1 saturated heterocycles. The van der Waals surface area contributed by atoms with Gasteiger partial charge in [0.1, 0.15) is 0 Å². The van der Waals surface area contributed by atoms with E-state index in [1.807, 2.05) is 12.1 Å². The van der Waals surface area contributed by atoms with Gasteiger partial charge in [-0.05, 0) is 76.3 Å². The van der Waals surface area contributed by atoms with Crippen molar-refractivity contribution in [3.8, 4) is 0 Å². The zero-order valence-electron chi connectivity index (χ0n) is 14.9. The second-order valence-electron chi connectivity index (χ2n) is 7.23. The highest BCUT2D eigenvalue weighted by atomic mass is 32.2. The summed E-state index contributed by atoms with van der Waals surface area (Å²) in [7, 11) is -0.332. The van der Waals surface area contributed by atoms with Gasteiger partial charge in [0.2, 0.25) is 0 Å². The van der Waals surface area contributed by atoms with Crippen LogP contribution < -0.4 is 10.2 Å². The van der Waals surface area contributed by atoms with Crippen LogP contribution in [0.3, 0.4) is 0 Å². The molecule has 126 valence electrons. The first kappa shape index (κ1) is 17.4. The summed E-state index contributed by atoms with van der Waals surface area (Å²) in [6, 6.07) is 16.7. The summed E-state index contributed by atoms with van der Waals surface area (Å²) in [5, 5.41) is 0. The van der Waals surface area contributed by atoms with E-state index >= 15 is 0 Å². The third kappa shape index (κ3) is 3.63. The van der Waals surface area contributed by atoms with E-state index in [0.29, 0.717) is 0 Å². The standard InChI is InChI=1S/C19H24BNO2S/c1-14-9-11-17(12-10-14)24-21-16-8-6-7-15(13-16)20-22-18(2,3)19(4,5)23-20/h6-13,21H,1-5H3. The Kier molecular flexibility index (Phi) is 4.69. The number of hydrogen-bond acceptors (Lipinski definition) is 4. The maximum Gasteiger partial charge on any atom is 0.494 e. The Balaban J connectivity index is 1.70. The fourth-order valence-electron chi connectivity index (χ4n) is 2.45. The largest absolute Gasteiger partial charge is 0.494 e. The monoisotopic (exact) mass is 341 g/mol. The maximum atomic E-state index is 6.12. The summed E-state index contributed by atoms with van der Waals surface area (Å²) >= 11 is 1.60. The van der Waals surface area contributed by atoms with E-state index in [-0.39, 0.29) is 18.3 Å². The smallest absolute Gasteiger partial charge is 0.399 e. The maximum absolute atomic E-state index is 6.12. The fourth-order valence-corrected chi connectivity index (χ4v) is 3.09. The zero-order chi connectivity index (χ0) is 17.4. The lowest BCUT2D eigenvalue weighted by Gasteiger charge is -2.32. The molecule has 0 atom stereocenters. The van der Waals surface area contributed by atoms with E-state index in [9.17, 15) is 0 Å². The van der Waals surface area contributed by atoms with Gasteiger partial charge in [-0.1, -0.05) is 29.8 Å². The van der Waals surface area contributed by atoms with Crippen molar-refractivity contribution in [2.75, 3.05) is 4.72 Å². The minimum absolute atomic E-state index is 0.322. The molecule has 1 heterocycles. The van der Waals surface area contributed by atoms with Gasteiger partial charge in [-0.2, -0.15) is 0 Å². The Bertz CT molecular complexity index is 700. The highest BCUT2D eigenvalue weighted by Crippen LogP contribution is 2.36. The zero-order valence-corrected chi connectivity index (χ0v) is 15.7. The Morgan fingerprint density at radius 2 is 1.54 bits per heavy atom. The van der Waals surface area contributed by atoms with Crippen molar-refractivity contribution in [2.45, 2.75) is 50.7 Å². The van der Waals surface area contributed by atoms with Crippen LogP contribution in [0, 0.1) is 6.92 Å². The van der Waals surface area contributed by atoms with Gasteiger partial charge in [0.25, 0.3) is 0 Å². The molecule has 0 radical (unpaired) electrons. The Morgan fingerprint density at radius 1 is 0.917 bits per heavy atom. The first-order chi connectivity index (χ1) is 11.3. The molecule has 2 aromatic carbocycles. The third-order valence-electron chi connectivity index (χ3n) is 4.72. The molecular formula is C19H24BNO2S. The van der Waals surface area contributed by atoms with Crippen LogP contribution in [0.2, 0.25) is 0 Å². The number of aryl methyl sites for hydroxylation is 1. The Labute approximate surface area is 149 Å². The van der Waals surface area contributed by atoms with Crippen molar-refractivity contribution in [2.24, 2.45) is 0 Å². The van der Waals surface area contributed by atoms with Crippen LogP contribution in [-0.4, -0.2) is 18.3 Å². The summed E-state index contributed by atoms with van der Waals surface area (Å²) in [5.41, 5.74) is 2.69. The number of nitrogens with one attached hydrogen (secondary N) is 1. The van der Waals surface area contributed by atoms with Crippen LogP contribution in [0.25, 0.3) is 0 Å². The first-order valence-corrected chi connectivity index (χ1v) is 9.04. The van der Waals surface area contributed by atoms with Gasteiger partial charge in [-0.3, -0.25) is 0 Å². The summed E-state index contributed by atoms with van der Waals surface area (Å²) < 4.78 is 15.6. The highest BCUT2D eigenvalue weighted by molar-refractivity contribution is 8.00. The summed E-state index contributed by atoms with van der Waals surface area (Å²) in [6.45, 7) is 10.4. The summed E-state index contributed by atoms with van der Waals surface area (Å²) in [4.78, 5) is 1.18. The van der Waals surface area contributed by atoms with Crippen molar-refractivity contribution in [3.63, 3.8) is 0 Å².